The van der Waals surface area contributed by atoms with Crippen LogP contribution in [0.1, 0.15) is 51.9 Å². The maximum Gasteiger partial charge on any atom is 0.408 e. The highest BCUT2D eigenvalue weighted by Gasteiger charge is 2.50. The van der Waals surface area contributed by atoms with Gasteiger partial charge in [0.1, 0.15) is 5.60 Å². The lowest BCUT2D eigenvalue weighted by atomic mass is 10.2. The average molecular weight is 563 g/mol. The van der Waals surface area contributed by atoms with Crippen molar-refractivity contribution in [2.75, 3.05) is 25.6 Å². The number of carbonyl (C=O) groups excluding carboxylic acids is 2. The van der Waals surface area contributed by atoms with Crippen LogP contribution >= 0.6 is 0 Å². The average Bonchev–Trinajstić information content (AvgIpc) is 2.91. The minimum Gasteiger partial charge on any atom is -0.465 e. The van der Waals surface area contributed by atoms with Crippen LogP contribution in [-0.2, 0) is 13.9 Å². The summed E-state index contributed by atoms with van der Waals surface area (Å²) in [6, 6.07) is 27.4. The van der Waals surface area contributed by atoms with Crippen LogP contribution in [0.3, 0.4) is 0 Å². The second-order valence-corrected chi connectivity index (χ2v) is 16.1. The molecule has 7 nitrogen and oxygen atoms in total. The van der Waals surface area contributed by atoms with E-state index in [4.69, 9.17) is 13.9 Å². The highest BCUT2D eigenvalue weighted by Crippen LogP contribution is 2.36. The van der Waals surface area contributed by atoms with Crippen molar-refractivity contribution in [3.63, 3.8) is 0 Å². The van der Waals surface area contributed by atoms with Crippen LogP contribution in [0, 0.1) is 0 Å². The normalized spacial score (nSPS) is 12.8. The Bertz CT molecular complexity index is 1200. The van der Waals surface area contributed by atoms with Gasteiger partial charge in [0, 0.05) is 12.2 Å². The van der Waals surface area contributed by atoms with Gasteiger partial charge in [-0.25, -0.2) is 9.59 Å². The topological polar surface area (TPSA) is 85.9 Å². The van der Waals surface area contributed by atoms with E-state index in [1.54, 1.807) is 24.3 Å². The van der Waals surface area contributed by atoms with E-state index >= 15 is 0 Å². The first kappa shape index (κ1) is 30.9. The van der Waals surface area contributed by atoms with Crippen molar-refractivity contribution in [2.45, 2.75) is 58.2 Å². The van der Waals surface area contributed by atoms with Crippen LogP contribution in [0.4, 0.5) is 10.5 Å². The van der Waals surface area contributed by atoms with E-state index < -0.39 is 32.0 Å². The molecule has 3 rings (SSSR count). The molecule has 0 bridgehead atoms. The zero-order valence-corrected chi connectivity index (χ0v) is 25.6. The molecule has 0 saturated carbocycles. The van der Waals surface area contributed by atoms with Crippen molar-refractivity contribution in [3.05, 3.63) is 90.5 Å². The summed E-state index contributed by atoms with van der Waals surface area (Å²) in [6.07, 6.45) is -0.508. The number of hydrogen-bond acceptors (Lipinski definition) is 6. The molecule has 0 aliphatic rings. The van der Waals surface area contributed by atoms with Crippen molar-refractivity contribution in [1.82, 2.24) is 5.32 Å². The molecule has 0 unspecified atom stereocenters. The van der Waals surface area contributed by atoms with E-state index in [2.05, 4.69) is 55.7 Å². The summed E-state index contributed by atoms with van der Waals surface area (Å²) in [5.41, 5.74) is 0.630. The lowest BCUT2D eigenvalue weighted by molar-refractivity contribution is 0.0489. The van der Waals surface area contributed by atoms with Gasteiger partial charge in [-0.2, -0.15) is 0 Å². The van der Waals surface area contributed by atoms with Crippen LogP contribution in [0.2, 0.25) is 5.04 Å². The molecule has 40 heavy (non-hydrogen) atoms. The molecule has 3 aromatic carbocycles. The van der Waals surface area contributed by atoms with Crippen molar-refractivity contribution in [3.8, 4) is 0 Å². The van der Waals surface area contributed by atoms with E-state index in [1.807, 2.05) is 57.2 Å². The number of amides is 1. The lowest BCUT2D eigenvalue weighted by Gasteiger charge is -2.43. The number of nitrogens with one attached hydrogen (secondary N) is 2. The second-order valence-electron chi connectivity index (χ2n) is 11.8. The first-order chi connectivity index (χ1) is 18.9. The Balaban J connectivity index is 1.91. The smallest absolute Gasteiger partial charge is 0.408 e. The molecular weight excluding hydrogens is 520 g/mol. The van der Waals surface area contributed by atoms with E-state index in [0.29, 0.717) is 12.1 Å². The molecule has 0 spiro atoms. The standard InChI is InChI=1S/C32H42N2O5Si/c1-31(2,3)39-30(36)34-26(22-33-25-20-18-24(19-21-25)29(35)37-7)23-38-40(32(4,5)6,27-14-10-8-11-15-27)28-16-12-9-13-17-28/h8-21,26,33H,22-23H2,1-7H3,(H,34,36)/t26-/m0/s1. The van der Waals surface area contributed by atoms with Crippen molar-refractivity contribution in [2.24, 2.45) is 0 Å². The minimum atomic E-state index is -2.81. The van der Waals surface area contributed by atoms with Crippen LogP contribution in [0.25, 0.3) is 0 Å². The number of benzene rings is 3. The van der Waals surface area contributed by atoms with Crippen molar-refractivity contribution >= 4 is 36.4 Å². The van der Waals surface area contributed by atoms with Gasteiger partial charge in [0.05, 0.1) is 25.3 Å². The summed E-state index contributed by atoms with van der Waals surface area (Å²) in [5, 5.41) is 8.49. The van der Waals surface area contributed by atoms with Gasteiger partial charge in [0.2, 0.25) is 0 Å². The number of ether oxygens (including phenoxy) is 2. The number of anilines is 1. The van der Waals surface area contributed by atoms with E-state index in [1.165, 1.54) is 7.11 Å². The Hall–Kier alpha value is -3.62. The molecule has 0 heterocycles. The Labute approximate surface area is 239 Å². The fourth-order valence-corrected chi connectivity index (χ4v) is 9.30. The number of methoxy groups -OCH3 is 1. The predicted molar refractivity (Wildman–Crippen MR) is 163 cm³/mol. The zero-order valence-electron chi connectivity index (χ0n) is 24.6. The van der Waals surface area contributed by atoms with Crippen molar-refractivity contribution in [1.29, 1.82) is 0 Å². The number of alkyl carbamates (subject to hydrolysis) is 1. The molecule has 2 N–H and O–H groups in total. The molecule has 0 aliphatic carbocycles. The Morgan fingerprint density at radius 2 is 1.32 bits per heavy atom. The Morgan fingerprint density at radius 3 is 1.77 bits per heavy atom. The fourth-order valence-electron chi connectivity index (χ4n) is 4.70. The lowest BCUT2D eigenvalue weighted by Crippen LogP contribution is -2.67. The molecule has 0 aliphatic heterocycles. The third-order valence-electron chi connectivity index (χ3n) is 6.50. The van der Waals surface area contributed by atoms with Gasteiger partial charge in [-0.3, -0.25) is 0 Å². The van der Waals surface area contributed by atoms with Gasteiger partial charge >= 0.3 is 12.1 Å². The maximum atomic E-state index is 12.8. The van der Waals surface area contributed by atoms with Gasteiger partial charge in [-0.05, 0) is 60.4 Å². The third kappa shape index (κ3) is 7.96. The molecular formula is C32H42N2O5Si. The van der Waals surface area contributed by atoms with Gasteiger partial charge in [0.15, 0.2) is 0 Å². The first-order valence-electron chi connectivity index (χ1n) is 13.5. The molecule has 0 saturated heterocycles. The number of esters is 1. The molecule has 214 valence electrons. The van der Waals surface area contributed by atoms with Crippen LogP contribution in [0.5, 0.6) is 0 Å². The van der Waals surface area contributed by atoms with Gasteiger partial charge < -0.3 is 24.5 Å². The number of carbonyl (C=O) groups is 2. The van der Waals surface area contributed by atoms with Crippen LogP contribution < -0.4 is 21.0 Å². The predicted octanol–water partition coefficient (Wildman–Crippen LogP) is 5.36. The minimum absolute atomic E-state index is 0.205. The molecule has 8 heteroatoms. The molecule has 1 atom stereocenters. The largest absolute Gasteiger partial charge is 0.465 e. The summed E-state index contributed by atoms with van der Waals surface area (Å²) < 4.78 is 17.4. The monoisotopic (exact) mass is 562 g/mol. The first-order valence-corrected chi connectivity index (χ1v) is 15.4. The quantitative estimate of drug-likeness (QED) is 0.256. The van der Waals surface area contributed by atoms with Gasteiger partial charge in [-0.1, -0.05) is 81.4 Å². The molecule has 1 amide bonds. The highest BCUT2D eigenvalue weighted by molar-refractivity contribution is 6.99. The van der Waals surface area contributed by atoms with Crippen LogP contribution in [0.15, 0.2) is 84.9 Å². The highest BCUT2D eigenvalue weighted by atomic mass is 28.4. The van der Waals surface area contributed by atoms with E-state index in [9.17, 15) is 9.59 Å². The SMILES string of the molecule is COC(=O)c1ccc(NC[C@@H](CO[Si](c2ccccc2)(c2ccccc2)C(C)(C)C)NC(=O)OC(C)(C)C)cc1. The number of hydrogen-bond donors (Lipinski definition) is 2. The molecule has 3 aromatic rings. The zero-order chi connectivity index (χ0) is 29.4. The third-order valence-corrected chi connectivity index (χ3v) is 11.5. The molecule has 0 fully saturated rings. The summed E-state index contributed by atoms with van der Waals surface area (Å²) in [5.74, 6) is -0.394. The maximum absolute atomic E-state index is 12.8. The Morgan fingerprint density at radius 1 is 0.800 bits per heavy atom. The fraction of sp³-hybridized carbons (Fsp3) is 0.375. The summed E-state index contributed by atoms with van der Waals surface area (Å²) in [7, 11) is -1.46. The van der Waals surface area contributed by atoms with Gasteiger partial charge in [-0.15, -0.1) is 0 Å². The summed E-state index contributed by atoms with van der Waals surface area (Å²) >= 11 is 0. The Kier molecular flexibility index (Phi) is 10.2. The molecule has 0 radical (unpaired) electrons. The summed E-state index contributed by atoms with van der Waals surface area (Å²) in [4.78, 5) is 24.6. The van der Waals surface area contributed by atoms with Crippen molar-refractivity contribution < 1.29 is 23.5 Å². The number of rotatable bonds is 10. The summed E-state index contributed by atoms with van der Waals surface area (Å²) in [6.45, 7) is 12.8. The van der Waals surface area contributed by atoms with Crippen LogP contribution in [-0.4, -0.2) is 52.3 Å². The van der Waals surface area contributed by atoms with E-state index in [0.717, 1.165) is 16.1 Å². The second kappa shape index (κ2) is 13.2. The van der Waals surface area contributed by atoms with E-state index in [-0.39, 0.29) is 11.6 Å². The molecule has 0 aromatic heterocycles. The van der Waals surface area contributed by atoms with Gasteiger partial charge in [0.25, 0.3) is 8.32 Å².